The number of methoxy groups -OCH3 is 3. The number of nitrogens with zero attached hydrogens (tertiary/aromatic N) is 1. The summed E-state index contributed by atoms with van der Waals surface area (Å²) in [6, 6.07) is 7.25. The Hall–Kier alpha value is -2.67. The van der Waals surface area contributed by atoms with Crippen LogP contribution in [0.1, 0.15) is 17.4 Å². The maximum absolute atomic E-state index is 12.4. The second kappa shape index (κ2) is 9.15. The standard InChI is InChI=1S/C19H26N2O5/c1-21(2)14(15-7-6-8-26-15)12-20-18(22)11-13-9-16(23-3)19(25-5)17(10-13)24-4/h6-10,14H,11-12H2,1-5H3,(H,20,22)/t14-/m1/s1. The molecule has 0 spiro atoms. The van der Waals surface area contributed by atoms with Crippen molar-refractivity contribution in [3.05, 3.63) is 41.9 Å². The highest BCUT2D eigenvalue weighted by Crippen LogP contribution is 2.38. The number of likely N-dealkylation sites (N-methyl/N-ethyl adjacent to an activating group) is 1. The van der Waals surface area contributed by atoms with Crippen LogP contribution in [0.4, 0.5) is 0 Å². The fraction of sp³-hybridized carbons (Fsp3) is 0.421. The zero-order valence-electron chi connectivity index (χ0n) is 15.9. The number of furan rings is 1. The Labute approximate surface area is 153 Å². The second-order valence-corrected chi connectivity index (χ2v) is 6.01. The van der Waals surface area contributed by atoms with Gasteiger partial charge >= 0.3 is 0 Å². The highest BCUT2D eigenvalue weighted by Gasteiger charge is 2.19. The molecule has 142 valence electrons. The summed E-state index contributed by atoms with van der Waals surface area (Å²) < 4.78 is 21.4. The average Bonchev–Trinajstić information content (AvgIpc) is 3.14. The van der Waals surface area contributed by atoms with Crippen molar-refractivity contribution in [2.24, 2.45) is 0 Å². The van der Waals surface area contributed by atoms with Gasteiger partial charge < -0.3 is 23.9 Å². The van der Waals surface area contributed by atoms with Crippen molar-refractivity contribution >= 4 is 5.91 Å². The van der Waals surface area contributed by atoms with Gasteiger partial charge in [-0.05, 0) is 43.9 Å². The zero-order chi connectivity index (χ0) is 19.1. The van der Waals surface area contributed by atoms with E-state index in [2.05, 4.69) is 5.32 Å². The van der Waals surface area contributed by atoms with E-state index in [0.29, 0.717) is 23.8 Å². The fourth-order valence-electron chi connectivity index (χ4n) is 2.71. The van der Waals surface area contributed by atoms with E-state index in [1.165, 1.54) is 0 Å². The summed E-state index contributed by atoms with van der Waals surface area (Å²) in [6.45, 7) is 0.448. The maximum Gasteiger partial charge on any atom is 0.224 e. The number of carbonyl (C=O) groups excluding carboxylic acids is 1. The number of hydrogen-bond acceptors (Lipinski definition) is 6. The van der Waals surface area contributed by atoms with Crippen LogP contribution in [-0.2, 0) is 11.2 Å². The van der Waals surface area contributed by atoms with Gasteiger partial charge in [0.2, 0.25) is 11.7 Å². The first-order valence-electron chi connectivity index (χ1n) is 8.25. The summed E-state index contributed by atoms with van der Waals surface area (Å²) in [7, 11) is 8.53. The molecule has 7 nitrogen and oxygen atoms in total. The molecule has 0 fully saturated rings. The molecule has 2 rings (SSSR count). The SMILES string of the molecule is COc1cc(CC(=O)NC[C@H](c2ccco2)N(C)C)cc(OC)c1OC. The molecule has 0 saturated heterocycles. The summed E-state index contributed by atoms with van der Waals surface area (Å²) in [6.07, 6.45) is 1.83. The molecular weight excluding hydrogens is 336 g/mol. The van der Waals surface area contributed by atoms with Crippen LogP contribution < -0.4 is 19.5 Å². The van der Waals surface area contributed by atoms with E-state index in [-0.39, 0.29) is 18.4 Å². The predicted octanol–water partition coefficient (Wildman–Crippen LogP) is 2.27. The van der Waals surface area contributed by atoms with E-state index < -0.39 is 0 Å². The smallest absolute Gasteiger partial charge is 0.224 e. The first-order chi connectivity index (χ1) is 12.5. The van der Waals surface area contributed by atoms with E-state index in [1.807, 2.05) is 31.1 Å². The molecule has 2 aromatic rings. The lowest BCUT2D eigenvalue weighted by atomic mass is 10.1. The van der Waals surface area contributed by atoms with Crippen LogP contribution in [0.15, 0.2) is 34.9 Å². The van der Waals surface area contributed by atoms with Crippen molar-refractivity contribution in [3.63, 3.8) is 0 Å². The lowest BCUT2D eigenvalue weighted by Gasteiger charge is -2.22. The number of benzene rings is 1. The van der Waals surface area contributed by atoms with Gasteiger partial charge in [-0.25, -0.2) is 0 Å². The largest absolute Gasteiger partial charge is 0.493 e. The monoisotopic (exact) mass is 362 g/mol. The van der Waals surface area contributed by atoms with Crippen molar-refractivity contribution in [2.75, 3.05) is 42.0 Å². The minimum atomic E-state index is -0.0994. The molecule has 0 radical (unpaired) electrons. The third-order valence-electron chi connectivity index (χ3n) is 4.08. The van der Waals surface area contributed by atoms with E-state index in [1.54, 1.807) is 39.7 Å². The summed E-state index contributed by atoms with van der Waals surface area (Å²) >= 11 is 0. The van der Waals surface area contributed by atoms with Gasteiger partial charge in [-0.15, -0.1) is 0 Å². The number of hydrogen-bond donors (Lipinski definition) is 1. The molecule has 26 heavy (non-hydrogen) atoms. The van der Waals surface area contributed by atoms with Crippen LogP contribution in [0.3, 0.4) is 0 Å². The summed E-state index contributed by atoms with van der Waals surface area (Å²) in [5.41, 5.74) is 0.774. The van der Waals surface area contributed by atoms with Crippen molar-refractivity contribution in [1.82, 2.24) is 10.2 Å². The van der Waals surface area contributed by atoms with E-state index >= 15 is 0 Å². The molecule has 0 saturated carbocycles. The number of amides is 1. The second-order valence-electron chi connectivity index (χ2n) is 6.01. The molecule has 0 unspecified atom stereocenters. The number of nitrogens with one attached hydrogen (secondary N) is 1. The van der Waals surface area contributed by atoms with E-state index in [9.17, 15) is 4.79 Å². The highest BCUT2D eigenvalue weighted by atomic mass is 16.5. The summed E-state index contributed by atoms with van der Waals surface area (Å²) in [5, 5.41) is 2.95. The Kier molecular flexibility index (Phi) is 6.91. The number of ether oxygens (including phenoxy) is 3. The Morgan fingerprint density at radius 2 is 1.81 bits per heavy atom. The van der Waals surface area contributed by atoms with E-state index in [0.717, 1.165) is 11.3 Å². The Bertz CT molecular complexity index is 688. The zero-order valence-corrected chi connectivity index (χ0v) is 15.9. The molecule has 1 heterocycles. The molecule has 1 N–H and O–H groups in total. The Balaban J connectivity index is 2.05. The summed E-state index contributed by atoms with van der Waals surface area (Å²) in [4.78, 5) is 14.4. The van der Waals surface area contributed by atoms with Gasteiger partial charge in [-0.1, -0.05) is 0 Å². The third-order valence-corrected chi connectivity index (χ3v) is 4.08. The van der Waals surface area contributed by atoms with Crippen molar-refractivity contribution in [2.45, 2.75) is 12.5 Å². The van der Waals surface area contributed by atoms with Crippen molar-refractivity contribution in [3.8, 4) is 17.2 Å². The molecule has 7 heteroatoms. The van der Waals surface area contributed by atoms with Crippen LogP contribution in [-0.4, -0.2) is 52.8 Å². The van der Waals surface area contributed by atoms with Crippen LogP contribution in [0.2, 0.25) is 0 Å². The minimum absolute atomic E-state index is 0.0334. The van der Waals surface area contributed by atoms with Gasteiger partial charge in [-0.3, -0.25) is 9.69 Å². The molecule has 1 aromatic carbocycles. The molecule has 1 aromatic heterocycles. The number of carbonyl (C=O) groups is 1. The Morgan fingerprint density at radius 1 is 1.15 bits per heavy atom. The van der Waals surface area contributed by atoms with Gasteiger partial charge in [-0.2, -0.15) is 0 Å². The van der Waals surface area contributed by atoms with Crippen LogP contribution >= 0.6 is 0 Å². The third kappa shape index (κ3) is 4.70. The number of rotatable bonds is 9. The van der Waals surface area contributed by atoms with E-state index in [4.69, 9.17) is 18.6 Å². The fourth-order valence-corrected chi connectivity index (χ4v) is 2.71. The molecular formula is C19H26N2O5. The molecule has 1 atom stereocenters. The quantitative estimate of drug-likeness (QED) is 0.738. The van der Waals surface area contributed by atoms with Gasteiger partial charge in [0, 0.05) is 6.54 Å². The first kappa shape index (κ1) is 19.7. The normalized spacial score (nSPS) is 11.9. The molecule has 0 aliphatic heterocycles. The van der Waals surface area contributed by atoms with Crippen LogP contribution in [0.25, 0.3) is 0 Å². The Morgan fingerprint density at radius 3 is 2.27 bits per heavy atom. The molecule has 0 aliphatic rings. The van der Waals surface area contributed by atoms with Crippen molar-refractivity contribution < 1.29 is 23.4 Å². The molecule has 0 aliphatic carbocycles. The van der Waals surface area contributed by atoms with Gasteiger partial charge in [0.15, 0.2) is 11.5 Å². The topological polar surface area (TPSA) is 73.2 Å². The van der Waals surface area contributed by atoms with Crippen molar-refractivity contribution in [1.29, 1.82) is 0 Å². The predicted molar refractivity (Wildman–Crippen MR) is 97.9 cm³/mol. The molecule has 1 amide bonds. The van der Waals surface area contributed by atoms with Gasteiger partial charge in [0.1, 0.15) is 5.76 Å². The summed E-state index contributed by atoms with van der Waals surface area (Å²) in [5.74, 6) is 2.26. The lowest BCUT2D eigenvalue weighted by molar-refractivity contribution is -0.120. The average molecular weight is 362 g/mol. The lowest BCUT2D eigenvalue weighted by Crippen LogP contribution is -2.35. The van der Waals surface area contributed by atoms with Crippen LogP contribution in [0.5, 0.6) is 17.2 Å². The van der Waals surface area contributed by atoms with Gasteiger partial charge in [0.05, 0.1) is 40.1 Å². The minimum Gasteiger partial charge on any atom is -0.493 e. The molecule has 0 bridgehead atoms. The highest BCUT2D eigenvalue weighted by molar-refractivity contribution is 5.79. The first-order valence-corrected chi connectivity index (χ1v) is 8.25. The van der Waals surface area contributed by atoms with Gasteiger partial charge in [0.25, 0.3) is 0 Å². The van der Waals surface area contributed by atoms with Crippen LogP contribution in [0, 0.1) is 0 Å². The maximum atomic E-state index is 12.4.